The molecule has 2 aliphatic rings. The van der Waals surface area contributed by atoms with E-state index in [0.717, 1.165) is 160 Å². The first-order valence-corrected chi connectivity index (χ1v) is 36.6. The van der Waals surface area contributed by atoms with Gasteiger partial charge in [-0.3, -0.25) is 0 Å². The van der Waals surface area contributed by atoms with Crippen molar-refractivity contribution in [2.75, 3.05) is 49.8 Å². The van der Waals surface area contributed by atoms with Gasteiger partial charge in [0.05, 0.1) is 76.5 Å². The first kappa shape index (κ1) is 87.7. The Bertz CT molecular complexity index is 5670. The van der Waals surface area contributed by atoms with Crippen LogP contribution in [-0.2, 0) is 31.2 Å². The largest absolute Gasteiger partial charge is 1.00 e. The molecule has 14 aromatic rings. The van der Waals surface area contributed by atoms with Crippen LogP contribution in [0.3, 0.4) is 0 Å². The molecule has 0 radical (unpaired) electrons. The van der Waals surface area contributed by atoms with Gasteiger partial charge in [0, 0.05) is 64.3 Å². The Labute approximate surface area is 707 Å². The van der Waals surface area contributed by atoms with Crippen LogP contribution in [0.15, 0.2) is 227 Å². The fourth-order valence-corrected chi connectivity index (χ4v) is 13.6. The Morgan fingerprint density at radius 1 is 0.393 bits per heavy atom. The number of benzene rings is 14. The third-order valence-corrected chi connectivity index (χ3v) is 20.4. The summed E-state index contributed by atoms with van der Waals surface area (Å²) in [4.78, 5) is 8.89. The van der Waals surface area contributed by atoms with E-state index in [2.05, 4.69) is 44.0 Å². The van der Waals surface area contributed by atoms with Gasteiger partial charge in [-0.2, -0.15) is 0 Å². The number of aliphatic carboxylic acids is 1. The van der Waals surface area contributed by atoms with E-state index in [-0.39, 0.29) is 66.6 Å². The number of hydrogen-bond acceptors (Lipinski definition) is 17. The van der Waals surface area contributed by atoms with E-state index in [0.29, 0.717) is 51.4 Å². The molecule has 0 aromatic heterocycles. The predicted molar refractivity (Wildman–Crippen MR) is 448 cm³/mol. The number of phenols is 4. The molecule has 0 bridgehead atoms. The standard InChI is InChI=1S/C19H16BrClO3.C19H15ClO3.C17H11ClO3.C11H9ClO2.C11H10O2.C8H9BrO2.C2H4O2.CH4.Na/c1-22-14-6-7-17(20)13(9-14)11-24-18-8-4-12-3-5-15(23-2)10-16(12)19(18)21;1-21-13-5-6-15-12(7-13)10-23-19-17(15)8-11-3-4-14(22-2)9-16(11)18(19)20;18-16-14-7-12(20)2-1-9(14)6-15-13-4-3-11(19)5-10(13)8-21-17(15)16;1-14-8-4-2-7-3-5-10(13)11(12)9(7)6-8;1-13-11-5-3-8-2-4-10(12)6-9(8)7-11;1-11-7-2-3-8(9)6(4-7)5-10;1-2(3)4;;/h3-10H,11H2,1-2H3;3-9H,10H2,1-2H3;1-7,19-20H,8H2;2-6,13H,1H3;2-7,12H,1H3;2-4,10H,5H2,1H3;1H3,(H,3,4);1H4;/q;;;;;;;;+1/p-1. The van der Waals surface area contributed by atoms with Crippen LogP contribution in [0.2, 0.25) is 20.1 Å². The van der Waals surface area contributed by atoms with Crippen LogP contribution < -0.4 is 82.0 Å². The van der Waals surface area contributed by atoms with Crippen LogP contribution >= 0.6 is 78.3 Å². The molecule has 574 valence electrons. The zero-order valence-electron chi connectivity index (χ0n) is 61.5. The summed E-state index contributed by atoms with van der Waals surface area (Å²) in [5.41, 5.74) is 7.89. The summed E-state index contributed by atoms with van der Waals surface area (Å²) in [6.07, 6.45) is 0. The quantitative estimate of drug-likeness (QED) is 0.0758. The number of aliphatic hydroxyl groups excluding tert-OH is 1. The molecule has 2 aliphatic heterocycles. The van der Waals surface area contributed by atoms with E-state index in [4.69, 9.17) is 109 Å². The summed E-state index contributed by atoms with van der Waals surface area (Å²) < 4.78 is 55.7. The second kappa shape index (κ2) is 41.1. The van der Waals surface area contributed by atoms with Gasteiger partial charge in [0.1, 0.15) is 100 Å². The molecule has 0 saturated heterocycles. The number of rotatable bonds is 11. The summed E-state index contributed by atoms with van der Waals surface area (Å²) in [6.45, 7) is 2.22. The van der Waals surface area contributed by atoms with E-state index >= 15 is 0 Å². The molecule has 0 saturated carbocycles. The zero-order chi connectivity index (χ0) is 78.9. The topological polar surface area (TPSA) is 234 Å². The van der Waals surface area contributed by atoms with Gasteiger partial charge in [0.2, 0.25) is 0 Å². The Hall–Kier alpha value is -9.87. The van der Waals surface area contributed by atoms with Crippen molar-refractivity contribution in [3.05, 3.63) is 270 Å². The molecule has 0 unspecified atom stereocenters. The maximum absolute atomic E-state index is 9.62. The molecular formula is C88H77Br2Cl4NaO17. The number of carbonyl (C=O) groups excluding carboxylic acids is 1. The van der Waals surface area contributed by atoms with Gasteiger partial charge in [-0.05, 0) is 214 Å². The number of ether oxygens (including phenoxy) is 10. The van der Waals surface area contributed by atoms with Crippen molar-refractivity contribution in [3.63, 3.8) is 0 Å². The summed E-state index contributed by atoms with van der Waals surface area (Å²) in [5, 5.41) is 67.1. The average Bonchev–Trinajstić information content (AvgIpc) is 0.750. The van der Waals surface area contributed by atoms with Gasteiger partial charge in [-0.25, -0.2) is 0 Å². The first-order valence-electron chi connectivity index (χ1n) is 33.5. The van der Waals surface area contributed by atoms with Crippen LogP contribution in [0.5, 0.6) is 80.5 Å². The van der Waals surface area contributed by atoms with Gasteiger partial charge in [-0.15, -0.1) is 0 Å². The summed E-state index contributed by atoms with van der Waals surface area (Å²) in [5.74, 6) is 7.10. The Balaban J connectivity index is 0.000000170. The smallest absolute Gasteiger partial charge is 0.550 e. The minimum absolute atomic E-state index is 0. The van der Waals surface area contributed by atoms with Crippen LogP contribution in [0.1, 0.15) is 36.6 Å². The molecule has 112 heavy (non-hydrogen) atoms. The molecule has 17 nitrogen and oxygen atoms in total. The fourth-order valence-electron chi connectivity index (χ4n) is 11.7. The second-order valence-corrected chi connectivity index (χ2v) is 27.5. The number of hydrogen-bond donors (Lipinski definition) is 5. The predicted octanol–water partition coefficient (Wildman–Crippen LogP) is 19.5. The number of carbonyl (C=O) groups is 1. The zero-order valence-corrected chi connectivity index (χ0v) is 69.7. The molecular weight excluding hydrogens is 1650 g/mol. The molecule has 0 spiro atoms. The van der Waals surface area contributed by atoms with Crippen molar-refractivity contribution in [1.82, 2.24) is 0 Å². The first-order chi connectivity index (χ1) is 53.0. The summed E-state index contributed by atoms with van der Waals surface area (Å²) >= 11 is 32.3. The van der Waals surface area contributed by atoms with Crippen LogP contribution in [0.4, 0.5) is 0 Å². The van der Waals surface area contributed by atoms with Gasteiger partial charge >= 0.3 is 29.6 Å². The van der Waals surface area contributed by atoms with Crippen LogP contribution in [-0.4, -0.2) is 81.3 Å². The molecule has 0 aliphatic carbocycles. The third kappa shape index (κ3) is 21.7. The monoisotopic (exact) mass is 1730 g/mol. The van der Waals surface area contributed by atoms with Crippen molar-refractivity contribution >= 4 is 138 Å². The maximum atomic E-state index is 9.62. The normalized spacial score (nSPS) is 10.8. The SMILES string of the molecule is C.CC(=O)[O-].COc1ccc(Br)c(CO)c1.COc1ccc(Br)c(COc2ccc3ccc(OC)cc3c2Cl)c1.COc1ccc2c(c1)COc1c-2cc2ccc(OC)cc2c1Cl.COc1ccc2ccc(O)c(Cl)c2c1.COc1ccc2ccc(O)cc2c1.Oc1ccc2c(c1)COc1c-2cc2ccc(O)cc2c1Cl.[Na+]. The molecule has 5 N–H and O–H groups in total. The minimum Gasteiger partial charge on any atom is -0.550 e. The van der Waals surface area contributed by atoms with E-state index in [9.17, 15) is 20.4 Å². The Kier molecular flexibility index (Phi) is 32.2. The minimum atomic E-state index is -1.08. The number of fused-ring (bicyclic) bond motifs is 11. The van der Waals surface area contributed by atoms with Gasteiger partial charge < -0.3 is 82.8 Å². The van der Waals surface area contributed by atoms with Crippen molar-refractivity contribution in [3.8, 4) is 103 Å². The van der Waals surface area contributed by atoms with Crippen molar-refractivity contribution in [1.29, 1.82) is 0 Å². The van der Waals surface area contributed by atoms with E-state index < -0.39 is 5.97 Å². The number of phenolic OH excluding ortho intramolecular Hbond substituents is 4. The number of carboxylic acid groups (broad SMARTS) is 1. The molecule has 24 heteroatoms. The molecule has 0 atom stereocenters. The van der Waals surface area contributed by atoms with Gasteiger partial charge in [0.25, 0.3) is 0 Å². The number of aromatic hydroxyl groups is 4. The molecule has 14 aromatic carbocycles. The maximum Gasteiger partial charge on any atom is 1.00 e. The Morgan fingerprint density at radius 3 is 1.28 bits per heavy atom. The number of methoxy groups -OCH3 is 7. The van der Waals surface area contributed by atoms with Gasteiger partial charge in [-0.1, -0.05) is 146 Å². The van der Waals surface area contributed by atoms with Crippen molar-refractivity contribution in [2.24, 2.45) is 0 Å². The molecule has 0 amide bonds. The number of carboxylic acids is 1. The molecule has 16 rings (SSSR count). The van der Waals surface area contributed by atoms with E-state index in [1.165, 1.54) is 0 Å². The van der Waals surface area contributed by atoms with Crippen molar-refractivity contribution < 1.29 is 112 Å². The van der Waals surface area contributed by atoms with Gasteiger partial charge in [0.15, 0.2) is 0 Å². The number of aliphatic hydroxyl groups is 1. The molecule has 2 heterocycles. The van der Waals surface area contributed by atoms with Crippen LogP contribution in [0.25, 0.3) is 76.1 Å². The number of halogens is 6. The third-order valence-electron chi connectivity index (χ3n) is 17.3. The van der Waals surface area contributed by atoms with Crippen LogP contribution in [0, 0.1) is 0 Å². The summed E-state index contributed by atoms with van der Waals surface area (Å²) in [6, 6.07) is 67.2. The average molecular weight is 1730 g/mol. The second-order valence-electron chi connectivity index (χ2n) is 24.3. The van der Waals surface area contributed by atoms with Crippen molar-refractivity contribution in [2.45, 2.75) is 40.8 Å². The van der Waals surface area contributed by atoms with E-state index in [1.807, 2.05) is 152 Å². The van der Waals surface area contributed by atoms with E-state index in [1.54, 1.807) is 104 Å². The summed E-state index contributed by atoms with van der Waals surface area (Å²) in [7, 11) is 11.4. The Morgan fingerprint density at radius 2 is 0.750 bits per heavy atom. The fraction of sp³-hybridized carbons (Fsp3) is 0.148. The molecule has 0 fully saturated rings.